The molecule has 2 atom stereocenters. The molecular weight excluding hydrogens is 156 g/mol. The van der Waals surface area contributed by atoms with Gasteiger partial charge in [0.05, 0.1) is 25.2 Å². The molecular formula is C9H16O3. The first-order valence-corrected chi connectivity index (χ1v) is 4.53. The van der Waals surface area contributed by atoms with E-state index in [2.05, 4.69) is 0 Å². The van der Waals surface area contributed by atoms with Gasteiger partial charge in [-0.3, -0.25) is 4.79 Å². The van der Waals surface area contributed by atoms with Crippen LogP contribution in [-0.2, 0) is 14.3 Å². The third-order valence-corrected chi connectivity index (χ3v) is 2.02. The second-order valence-corrected chi connectivity index (χ2v) is 3.16. The highest BCUT2D eigenvalue weighted by Gasteiger charge is 2.24. The SMILES string of the molecule is CCOC(=O)C[C@@H]1CC[C@H](C)O1. The highest BCUT2D eigenvalue weighted by Crippen LogP contribution is 2.21. The molecule has 0 radical (unpaired) electrons. The molecule has 1 fully saturated rings. The maximum absolute atomic E-state index is 11.0. The summed E-state index contributed by atoms with van der Waals surface area (Å²) >= 11 is 0. The van der Waals surface area contributed by atoms with Crippen molar-refractivity contribution in [3.8, 4) is 0 Å². The monoisotopic (exact) mass is 172 g/mol. The molecule has 0 spiro atoms. The van der Waals surface area contributed by atoms with E-state index in [1.165, 1.54) is 0 Å². The zero-order valence-electron chi connectivity index (χ0n) is 7.71. The summed E-state index contributed by atoms with van der Waals surface area (Å²) in [4.78, 5) is 11.0. The molecule has 0 unspecified atom stereocenters. The fraction of sp³-hybridized carbons (Fsp3) is 0.889. The first-order chi connectivity index (χ1) is 5.72. The summed E-state index contributed by atoms with van der Waals surface area (Å²) in [7, 11) is 0. The highest BCUT2D eigenvalue weighted by molar-refractivity contribution is 5.69. The molecule has 0 aromatic rings. The normalized spacial score (nSPS) is 28.8. The molecule has 0 N–H and O–H groups in total. The van der Waals surface area contributed by atoms with E-state index in [9.17, 15) is 4.79 Å². The first kappa shape index (κ1) is 9.52. The van der Waals surface area contributed by atoms with Gasteiger partial charge in [0.2, 0.25) is 0 Å². The van der Waals surface area contributed by atoms with Gasteiger partial charge in [0, 0.05) is 0 Å². The van der Waals surface area contributed by atoms with Crippen molar-refractivity contribution < 1.29 is 14.3 Å². The van der Waals surface area contributed by atoms with Crippen LogP contribution in [0, 0.1) is 0 Å². The van der Waals surface area contributed by atoms with Gasteiger partial charge in [-0.15, -0.1) is 0 Å². The smallest absolute Gasteiger partial charge is 0.308 e. The van der Waals surface area contributed by atoms with Crippen molar-refractivity contribution in [3.05, 3.63) is 0 Å². The van der Waals surface area contributed by atoms with Gasteiger partial charge in [0.15, 0.2) is 0 Å². The molecule has 1 saturated heterocycles. The zero-order chi connectivity index (χ0) is 8.97. The summed E-state index contributed by atoms with van der Waals surface area (Å²) in [5.74, 6) is -0.142. The molecule has 0 saturated carbocycles. The van der Waals surface area contributed by atoms with Gasteiger partial charge in [-0.1, -0.05) is 0 Å². The van der Waals surface area contributed by atoms with Crippen molar-refractivity contribution in [1.29, 1.82) is 0 Å². The van der Waals surface area contributed by atoms with Crippen molar-refractivity contribution in [2.24, 2.45) is 0 Å². The molecule has 0 bridgehead atoms. The Hall–Kier alpha value is -0.570. The molecule has 0 amide bonds. The summed E-state index contributed by atoms with van der Waals surface area (Å²) in [6.45, 7) is 4.31. The van der Waals surface area contributed by atoms with Crippen LogP contribution >= 0.6 is 0 Å². The lowest BCUT2D eigenvalue weighted by Gasteiger charge is -2.09. The summed E-state index contributed by atoms with van der Waals surface area (Å²) in [6.07, 6.45) is 2.87. The summed E-state index contributed by atoms with van der Waals surface area (Å²) in [6, 6.07) is 0. The average Bonchev–Trinajstić information content (AvgIpc) is 2.36. The molecule has 0 aromatic carbocycles. The first-order valence-electron chi connectivity index (χ1n) is 4.53. The van der Waals surface area contributed by atoms with Gasteiger partial charge < -0.3 is 9.47 Å². The number of ether oxygens (including phenoxy) is 2. The second kappa shape index (κ2) is 4.45. The summed E-state index contributed by atoms with van der Waals surface area (Å²) < 4.78 is 10.3. The van der Waals surface area contributed by atoms with Crippen molar-refractivity contribution in [3.63, 3.8) is 0 Å². The standard InChI is InChI=1S/C9H16O3/c1-3-11-9(10)6-8-5-4-7(2)12-8/h7-8H,3-6H2,1-2H3/t7-,8-/m0/s1. The van der Waals surface area contributed by atoms with Gasteiger partial charge in [0.1, 0.15) is 0 Å². The molecule has 1 aliphatic heterocycles. The van der Waals surface area contributed by atoms with E-state index in [1.807, 2.05) is 13.8 Å². The third-order valence-electron chi connectivity index (χ3n) is 2.02. The van der Waals surface area contributed by atoms with Crippen LogP contribution in [-0.4, -0.2) is 24.8 Å². The van der Waals surface area contributed by atoms with E-state index in [4.69, 9.17) is 9.47 Å². The van der Waals surface area contributed by atoms with Gasteiger partial charge in [-0.25, -0.2) is 0 Å². The van der Waals surface area contributed by atoms with Gasteiger partial charge in [-0.2, -0.15) is 0 Å². The van der Waals surface area contributed by atoms with Gasteiger partial charge >= 0.3 is 5.97 Å². The number of carbonyl (C=O) groups is 1. The number of esters is 1. The van der Waals surface area contributed by atoms with E-state index in [0.29, 0.717) is 19.1 Å². The Kier molecular flexibility index (Phi) is 3.53. The maximum atomic E-state index is 11.0. The fourth-order valence-corrected chi connectivity index (χ4v) is 1.44. The lowest BCUT2D eigenvalue weighted by Crippen LogP contribution is -2.16. The minimum atomic E-state index is -0.142. The van der Waals surface area contributed by atoms with Crippen molar-refractivity contribution in [1.82, 2.24) is 0 Å². The Balaban J connectivity index is 2.18. The predicted molar refractivity (Wildman–Crippen MR) is 44.8 cm³/mol. The highest BCUT2D eigenvalue weighted by atomic mass is 16.5. The number of hydrogen-bond donors (Lipinski definition) is 0. The molecule has 1 heterocycles. The Morgan fingerprint density at radius 1 is 1.58 bits per heavy atom. The molecule has 3 nitrogen and oxygen atoms in total. The van der Waals surface area contributed by atoms with E-state index in [-0.39, 0.29) is 12.1 Å². The summed E-state index contributed by atoms with van der Waals surface area (Å²) in [5.41, 5.74) is 0. The topological polar surface area (TPSA) is 35.5 Å². The quantitative estimate of drug-likeness (QED) is 0.605. The molecule has 0 aliphatic carbocycles. The fourth-order valence-electron chi connectivity index (χ4n) is 1.44. The number of rotatable bonds is 3. The van der Waals surface area contributed by atoms with E-state index >= 15 is 0 Å². The van der Waals surface area contributed by atoms with Crippen LogP contribution in [0.2, 0.25) is 0 Å². The van der Waals surface area contributed by atoms with Crippen molar-refractivity contribution in [2.75, 3.05) is 6.61 Å². The lowest BCUT2D eigenvalue weighted by molar-refractivity contribution is -0.145. The molecule has 0 aromatic heterocycles. The van der Waals surface area contributed by atoms with Crippen LogP contribution in [0.4, 0.5) is 0 Å². The van der Waals surface area contributed by atoms with Crippen LogP contribution in [0.1, 0.15) is 33.1 Å². The van der Waals surface area contributed by atoms with E-state index < -0.39 is 0 Å². The Labute approximate surface area is 73.0 Å². The largest absolute Gasteiger partial charge is 0.466 e. The Morgan fingerprint density at radius 3 is 2.83 bits per heavy atom. The van der Waals surface area contributed by atoms with E-state index in [0.717, 1.165) is 12.8 Å². The molecule has 70 valence electrons. The third kappa shape index (κ3) is 2.81. The van der Waals surface area contributed by atoms with Crippen LogP contribution in [0.5, 0.6) is 0 Å². The Bertz CT molecular complexity index is 156. The van der Waals surface area contributed by atoms with Gasteiger partial charge in [-0.05, 0) is 26.7 Å². The van der Waals surface area contributed by atoms with Crippen molar-refractivity contribution in [2.45, 2.75) is 45.3 Å². The minimum Gasteiger partial charge on any atom is -0.466 e. The molecule has 1 aliphatic rings. The zero-order valence-corrected chi connectivity index (χ0v) is 7.71. The van der Waals surface area contributed by atoms with Crippen LogP contribution < -0.4 is 0 Å². The number of hydrogen-bond acceptors (Lipinski definition) is 3. The molecule has 3 heteroatoms. The molecule has 12 heavy (non-hydrogen) atoms. The van der Waals surface area contributed by atoms with Crippen LogP contribution in [0.25, 0.3) is 0 Å². The number of carbonyl (C=O) groups excluding carboxylic acids is 1. The van der Waals surface area contributed by atoms with Gasteiger partial charge in [0.25, 0.3) is 0 Å². The second-order valence-electron chi connectivity index (χ2n) is 3.16. The van der Waals surface area contributed by atoms with Crippen LogP contribution in [0.15, 0.2) is 0 Å². The van der Waals surface area contributed by atoms with E-state index in [1.54, 1.807) is 0 Å². The van der Waals surface area contributed by atoms with Crippen LogP contribution in [0.3, 0.4) is 0 Å². The minimum absolute atomic E-state index is 0.0963. The lowest BCUT2D eigenvalue weighted by atomic mass is 10.1. The predicted octanol–water partition coefficient (Wildman–Crippen LogP) is 1.51. The molecule has 1 rings (SSSR count). The maximum Gasteiger partial charge on any atom is 0.308 e. The Morgan fingerprint density at radius 2 is 2.33 bits per heavy atom. The van der Waals surface area contributed by atoms with Crippen molar-refractivity contribution >= 4 is 5.97 Å². The average molecular weight is 172 g/mol. The summed E-state index contributed by atoms with van der Waals surface area (Å²) in [5, 5.41) is 0.